The molecule has 1 unspecified atom stereocenters. The first-order valence-electron chi connectivity index (χ1n) is 7.80. The van der Waals surface area contributed by atoms with Crippen molar-refractivity contribution in [2.75, 3.05) is 19.7 Å². The normalized spacial score (nSPS) is 22.3. The molecule has 0 aromatic carbocycles. The molecule has 1 aliphatic rings. The van der Waals surface area contributed by atoms with Gasteiger partial charge in [0.05, 0.1) is 5.69 Å². The van der Waals surface area contributed by atoms with E-state index in [1.807, 2.05) is 6.07 Å². The minimum atomic E-state index is 0.0934. The zero-order valence-corrected chi connectivity index (χ0v) is 13.7. The van der Waals surface area contributed by atoms with Gasteiger partial charge < -0.3 is 5.11 Å². The molecule has 6 heteroatoms. The molecule has 2 aromatic heterocycles. The van der Waals surface area contributed by atoms with Gasteiger partial charge in [-0.3, -0.25) is 4.90 Å². The second-order valence-corrected chi connectivity index (χ2v) is 6.94. The molecule has 0 saturated carbocycles. The summed E-state index contributed by atoms with van der Waals surface area (Å²) in [5.74, 6) is 0.691. The summed E-state index contributed by atoms with van der Waals surface area (Å²) in [6.07, 6.45) is 6.78. The molecule has 22 heavy (non-hydrogen) atoms. The Labute approximate surface area is 135 Å². The maximum atomic E-state index is 9.73. The third-order valence-corrected chi connectivity index (χ3v) is 5.21. The second-order valence-electron chi connectivity index (χ2n) is 6.09. The van der Waals surface area contributed by atoms with Gasteiger partial charge in [0.2, 0.25) is 0 Å². The van der Waals surface area contributed by atoms with Crippen LogP contribution in [0.2, 0.25) is 0 Å². The van der Waals surface area contributed by atoms with Crippen LogP contribution in [0.15, 0.2) is 23.8 Å². The number of aliphatic hydroxyl groups excluding tert-OH is 1. The highest BCUT2D eigenvalue weighted by Crippen LogP contribution is 2.35. The van der Waals surface area contributed by atoms with Crippen LogP contribution >= 0.6 is 11.3 Å². The Morgan fingerprint density at radius 1 is 1.36 bits per heavy atom. The van der Waals surface area contributed by atoms with E-state index in [0.29, 0.717) is 5.82 Å². The van der Waals surface area contributed by atoms with Gasteiger partial charge in [0, 0.05) is 42.9 Å². The monoisotopic (exact) mass is 318 g/mol. The van der Waals surface area contributed by atoms with E-state index < -0.39 is 0 Å². The molecule has 0 radical (unpaired) electrons. The fourth-order valence-corrected chi connectivity index (χ4v) is 3.98. The van der Waals surface area contributed by atoms with Crippen molar-refractivity contribution in [3.63, 3.8) is 0 Å². The van der Waals surface area contributed by atoms with Crippen molar-refractivity contribution in [1.82, 2.24) is 19.9 Å². The molecule has 1 fully saturated rings. The van der Waals surface area contributed by atoms with E-state index in [-0.39, 0.29) is 12.0 Å². The lowest BCUT2D eigenvalue weighted by Crippen LogP contribution is -2.30. The van der Waals surface area contributed by atoms with E-state index in [1.165, 1.54) is 0 Å². The van der Waals surface area contributed by atoms with Crippen molar-refractivity contribution < 1.29 is 5.11 Å². The molecular weight excluding hydrogens is 296 g/mol. The maximum Gasteiger partial charge on any atom is 0.188 e. The Morgan fingerprint density at radius 3 is 2.91 bits per heavy atom. The molecule has 3 heterocycles. The lowest BCUT2D eigenvalue weighted by atomic mass is 9.83. The fourth-order valence-electron chi connectivity index (χ4n) is 3.23. The number of likely N-dealkylation sites (tertiary alicyclic amines) is 1. The lowest BCUT2D eigenvalue weighted by molar-refractivity contribution is 0.117. The standard InChI is InChI=1S/C16H22N4OS/c1-2-4-16(12-21)5-8-20(11-16)9-13-10-22-15(19-13)14-17-6-3-7-18-14/h3,6-7,10,21H,2,4-5,8-9,11-12H2,1H3. The van der Waals surface area contributed by atoms with Gasteiger partial charge in [-0.05, 0) is 25.5 Å². The van der Waals surface area contributed by atoms with E-state index in [2.05, 4.69) is 32.2 Å². The quantitative estimate of drug-likeness (QED) is 0.887. The number of rotatable bonds is 6. The molecule has 5 nitrogen and oxygen atoms in total. The first kappa shape index (κ1) is 15.5. The van der Waals surface area contributed by atoms with Crippen molar-refractivity contribution in [3.05, 3.63) is 29.5 Å². The highest BCUT2D eigenvalue weighted by Gasteiger charge is 2.36. The molecule has 118 valence electrons. The van der Waals surface area contributed by atoms with Crippen LogP contribution in [0.25, 0.3) is 10.8 Å². The zero-order chi connectivity index (χ0) is 15.4. The van der Waals surface area contributed by atoms with E-state index >= 15 is 0 Å². The topological polar surface area (TPSA) is 62.1 Å². The highest BCUT2D eigenvalue weighted by molar-refractivity contribution is 7.13. The van der Waals surface area contributed by atoms with Crippen LogP contribution in [-0.2, 0) is 6.54 Å². The number of hydrogen-bond donors (Lipinski definition) is 1. The second kappa shape index (κ2) is 6.81. The molecule has 1 aliphatic heterocycles. The van der Waals surface area contributed by atoms with Crippen LogP contribution in [0.4, 0.5) is 0 Å². The Bertz CT molecular complexity index is 603. The van der Waals surface area contributed by atoms with Crippen LogP contribution in [0.3, 0.4) is 0 Å². The summed E-state index contributed by atoms with van der Waals surface area (Å²) in [4.78, 5) is 15.5. The molecule has 1 saturated heterocycles. The molecular formula is C16H22N4OS. The van der Waals surface area contributed by atoms with E-state index in [1.54, 1.807) is 23.7 Å². The van der Waals surface area contributed by atoms with Crippen molar-refractivity contribution >= 4 is 11.3 Å². The predicted molar refractivity (Wildman–Crippen MR) is 87.5 cm³/mol. The summed E-state index contributed by atoms with van der Waals surface area (Å²) in [6, 6.07) is 1.81. The van der Waals surface area contributed by atoms with Crippen molar-refractivity contribution in [3.8, 4) is 10.8 Å². The van der Waals surface area contributed by atoms with Gasteiger partial charge >= 0.3 is 0 Å². The molecule has 2 aromatic rings. The molecule has 1 atom stereocenters. The molecule has 0 bridgehead atoms. The van der Waals surface area contributed by atoms with Gasteiger partial charge in [-0.2, -0.15) is 0 Å². The van der Waals surface area contributed by atoms with Crippen LogP contribution in [0, 0.1) is 5.41 Å². The van der Waals surface area contributed by atoms with Crippen molar-refractivity contribution in [2.24, 2.45) is 5.41 Å². The first-order chi connectivity index (χ1) is 10.7. The van der Waals surface area contributed by atoms with Gasteiger partial charge in [-0.25, -0.2) is 15.0 Å². The molecule has 1 N–H and O–H groups in total. The molecule has 0 amide bonds. The van der Waals surface area contributed by atoms with E-state index in [4.69, 9.17) is 0 Å². The van der Waals surface area contributed by atoms with Crippen LogP contribution in [-0.4, -0.2) is 44.7 Å². The summed E-state index contributed by atoms with van der Waals surface area (Å²) in [7, 11) is 0. The zero-order valence-electron chi connectivity index (χ0n) is 12.9. The van der Waals surface area contributed by atoms with Crippen LogP contribution < -0.4 is 0 Å². The van der Waals surface area contributed by atoms with Crippen molar-refractivity contribution in [1.29, 1.82) is 0 Å². The summed E-state index contributed by atoms with van der Waals surface area (Å²) in [5.41, 5.74) is 1.16. The number of hydrogen-bond acceptors (Lipinski definition) is 6. The van der Waals surface area contributed by atoms with Crippen LogP contribution in [0.5, 0.6) is 0 Å². The van der Waals surface area contributed by atoms with E-state index in [9.17, 15) is 5.11 Å². The third-order valence-electron chi connectivity index (χ3n) is 4.33. The molecule has 3 rings (SSSR count). The maximum absolute atomic E-state index is 9.73. The summed E-state index contributed by atoms with van der Waals surface area (Å²) in [6.45, 7) is 5.32. The highest BCUT2D eigenvalue weighted by atomic mass is 32.1. The Hall–Kier alpha value is -1.37. The Kier molecular flexibility index (Phi) is 4.81. The van der Waals surface area contributed by atoms with Gasteiger partial charge in [0.1, 0.15) is 0 Å². The minimum Gasteiger partial charge on any atom is -0.396 e. The summed E-state index contributed by atoms with van der Waals surface area (Å²) >= 11 is 1.59. The number of aromatic nitrogens is 3. The Balaban J connectivity index is 1.64. The van der Waals surface area contributed by atoms with Gasteiger partial charge in [-0.15, -0.1) is 11.3 Å². The lowest BCUT2D eigenvalue weighted by Gasteiger charge is -2.26. The number of nitrogens with zero attached hydrogens (tertiary/aromatic N) is 4. The molecule has 0 spiro atoms. The average molecular weight is 318 g/mol. The minimum absolute atomic E-state index is 0.0934. The smallest absolute Gasteiger partial charge is 0.188 e. The summed E-state index contributed by atoms with van der Waals surface area (Å²) in [5, 5.41) is 12.7. The van der Waals surface area contributed by atoms with Gasteiger partial charge in [0.25, 0.3) is 0 Å². The third kappa shape index (κ3) is 3.34. The number of thiazole rings is 1. The number of aliphatic hydroxyl groups is 1. The van der Waals surface area contributed by atoms with Crippen molar-refractivity contribution in [2.45, 2.75) is 32.7 Å². The van der Waals surface area contributed by atoms with Crippen LogP contribution in [0.1, 0.15) is 31.9 Å². The first-order valence-corrected chi connectivity index (χ1v) is 8.68. The largest absolute Gasteiger partial charge is 0.396 e. The van der Waals surface area contributed by atoms with Gasteiger partial charge in [0.15, 0.2) is 10.8 Å². The van der Waals surface area contributed by atoms with Gasteiger partial charge in [-0.1, -0.05) is 13.3 Å². The summed E-state index contributed by atoms with van der Waals surface area (Å²) < 4.78 is 0. The Morgan fingerprint density at radius 2 is 2.18 bits per heavy atom. The van der Waals surface area contributed by atoms with E-state index in [0.717, 1.165) is 49.6 Å². The molecule has 0 aliphatic carbocycles. The SMILES string of the molecule is CCCC1(CO)CCN(Cc2csc(-c3ncccn3)n2)C1. The predicted octanol–water partition coefficient (Wildman–Crippen LogP) is 2.58. The fraction of sp³-hybridized carbons (Fsp3) is 0.562. The average Bonchev–Trinajstić information content (AvgIpc) is 3.17.